The summed E-state index contributed by atoms with van der Waals surface area (Å²) in [6.07, 6.45) is 5.91. The van der Waals surface area contributed by atoms with Gasteiger partial charge in [-0.25, -0.2) is 13.4 Å². The average molecular weight is 377 g/mol. The van der Waals surface area contributed by atoms with Gasteiger partial charge in [-0.2, -0.15) is 0 Å². The Hall–Kier alpha value is -1.93. The SMILES string of the molecule is CS(=O)(=O)N1CCCc2cc(C(=O)Nc3nc4c(s3)CCC4)ccc21. The van der Waals surface area contributed by atoms with E-state index < -0.39 is 10.0 Å². The van der Waals surface area contributed by atoms with E-state index in [2.05, 4.69) is 10.3 Å². The molecule has 2 aliphatic rings. The van der Waals surface area contributed by atoms with Crippen LogP contribution in [0.15, 0.2) is 18.2 Å². The van der Waals surface area contributed by atoms with E-state index in [1.165, 1.54) is 15.4 Å². The lowest BCUT2D eigenvalue weighted by Gasteiger charge is -2.29. The Morgan fingerprint density at radius 3 is 2.84 bits per heavy atom. The van der Waals surface area contributed by atoms with Crippen LogP contribution in [0.2, 0.25) is 0 Å². The van der Waals surface area contributed by atoms with Gasteiger partial charge in [-0.15, -0.1) is 11.3 Å². The molecule has 1 aromatic carbocycles. The summed E-state index contributed by atoms with van der Waals surface area (Å²) in [6.45, 7) is 0.488. The summed E-state index contributed by atoms with van der Waals surface area (Å²) in [4.78, 5) is 18.3. The summed E-state index contributed by atoms with van der Waals surface area (Å²) in [7, 11) is -3.29. The molecule has 1 amide bonds. The quantitative estimate of drug-likeness (QED) is 0.892. The lowest BCUT2D eigenvalue weighted by atomic mass is 10.0. The molecule has 4 rings (SSSR count). The van der Waals surface area contributed by atoms with E-state index in [1.807, 2.05) is 0 Å². The van der Waals surface area contributed by atoms with E-state index >= 15 is 0 Å². The molecule has 132 valence electrons. The topological polar surface area (TPSA) is 79.4 Å². The molecular formula is C17H19N3O3S2. The standard InChI is InChI=1S/C17H19N3O3S2/c1-25(22,23)20-9-3-4-11-10-12(7-8-14(11)20)16(21)19-17-18-13-5-2-6-15(13)24-17/h7-8,10H,2-6,9H2,1H3,(H,18,19,21). The molecule has 0 bridgehead atoms. The number of sulfonamides is 1. The maximum Gasteiger partial charge on any atom is 0.257 e. The Morgan fingerprint density at radius 2 is 2.08 bits per heavy atom. The molecule has 8 heteroatoms. The third kappa shape index (κ3) is 3.16. The minimum absolute atomic E-state index is 0.202. The van der Waals surface area contributed by atoms with Crippen LogP contribution in [-0.2, 0) is 29.3 Å². The van der Waals surface area contributed by atoms with E-state index in [0.29, 0.717) is 22.9 Å². The zero-order valence-corrected chi connectivity index (χ0v) is 15.5. The number of carbonyl (C=O) groups is 1. The third-order valence-electron chi connectivity index (χ3n) is 4.63. The van der Waals surface area contributed by atoms with E-state index in [9.17, 15) is 13.2 Å². The number of carbonyl (C=O) groups excluding carboxylic acids is 1. The summed E-state index contributed by atoms with van der Waals surface area (Å²) in [5.41, 5.74) is 3.21. The second kappa shape index (κ2) is 6.10. The van der Waals surface area contributed by atoms with Gasteiger partial charge < -0.3 is 0 Å². The normalized spacial score (nSPS) is 16.4. The van der Waals surface area contributed by atoms with Gasteiger partial charge in [0.1, 0.15) is 0 Å². The first-order chi connectivity index (χ1) is 11.9. The number of rotatable bonds is 3. The van der Waals surface area contributed by atoms with Crippen molar-refractivity contribution in [1.82, 2.24) is 4.98 Å². The van der Waals surface area contributed by atoms with E-state index in [0.717, 1.165) is 43.4 Å². The molecule has 0 unspecified atom stereocenters. The van der Waals surface area contributed by atoms with Crippen LogP contribution >= 0.6 is 11.3 Å². The van der Waals surface area contributed by atoms with Gasteiger partial charge in [0, 0.05) is 17.0 Å². The van der Waals surface area contributed by atoms with E-state index in [-0.39, 0.29) is 5.91 Å². The molecule has 1 aromatic heterocycles. The number of anilines is 2. The van der Waals surface area contributed by atoms with Gasteiger partial charge in [0.15, 0.2) is 5.13 Å². The van der Waals surface area contributed by atoms with Gasteiger partial charge in [-0.05, 0) is 55.9 Å². The van der Waals surface area contributed by atoms with Crippen molar-refractivity contribution in [3.63, 3.8) is 0 Å². The smallest absolute Gasteiger partial charge is 0.257 e. The minimum Gasteiger partial charge on any atom is -0.298 e. The first-order valence-electron chi connectivity index (χ1n) is 8.32. The predicted octanol–water partition coefficient (Wildman–Crippen LogP) is 2.60. The zero-order chi connectivity index (χ0) is 17.6. The van der Waals surface area contributed by atoms with Crippen molar-refractivity contribution in [2.45, 2.75) is 32.1 Å². The fourth-order valence-electron chi connectivity index (χ4n) is 3.46. The number of fused-ring (bicyclic) bond motifs is 2. The van der Waals surface area contributed by atoms with Crippen LogP contribution in [0.3, 0.4) is 0 Å². The number of amides is 1. The Bertz CT molecular complexity index is 929. The van der Waals surface area contributed by atoms with Crippen molar-refractivity contribution in [3.05, 3.63) is 39.9 Å². The molecule has 0 atom stereocenters. The minimum atomic E-state index is -3.29. The Morgan fingerprint density at radius 1 is 1.24 bits per heavy atom. The van der Waals surface area contributed by atoms with Crippen LogP contribution in [0.1, 0.15) is 39.3 Å². The highest BCUT2D eigenvalue weighted by Gasteiger charge is 2.25. The van der Waals surface area contributed by atoms with Gasteiger partial charge in [0.05, 0.1) is 17.6 Å². The molecule has 1 aliphatic heterocycles. The van der Waals surface area contributed by atoms with Crippen molar-refractivity contribution >= 4 is 38.1 Å². The molecule has 6 nitrogen and oxygen atoms in total. The maximum absolute atomic E-state index is 12.5. The van der Waals surface area contributed by atoms with Crippen LogP contribution < -0.4 is 9.62 Å². The molecule has 0 fully saturated rings. The highest BCUT2D eigenvalue weighted by molar-refractivity contribution is 7.92. The average Bonchev–Trinajstić information content (AvgIpc) is 3.14. The van der Waals surface area contributed by atoms with Gasteiger partial charge >= 0.3 is 0 Å². The van der Waals surface area contributed by atoms with Crippen molar-refractivity contribution < 1.29 is 13.2 Å². The number of nitrogens with zero attached hydrogens (tertiary/aromatic N) is 2. The fraction of sp³-hybridized carbons (Fsp3) is 0.412. The Kier molecular flexibility index (Phi) is 4.04. The molecule has 0 radical (unpaired) electrons. The van der Waals surface area contributed by atoms with Crippen LogP contribution in [0.25, 0.3) is 0 Å². The number of benzene rings is 1. The number of aromatic nitrogens is 1. The molecule has 1 N–H and O–H groups in total. The molecule has 0 saturated heterocycles. The molecule has 1 aliphatic carbocycles. The summed E-state index contributed by atoms with van der Waals surface area (Å²) in [5.74, 6) is -0.202. The second-order valence-corrected chi connectivity index (χ2v) is 9.47. The highest BCUT2D eigenvalue weighted by Crippen LogP contribution is 2.32. The number of aryl methyl sites for hydroxylation is 3. The van der Waals surface area contributed by atoms with E-state index in [1.54, 1.807) is 29.5 Å². The van der Waals surface area contributed by atoms with Crippen molar-refractivity contribution in [2.24, 2.45) is 0 Å². The first-order valence-corrected chi connectivity index (χ1v) is 11.0. The summed E-state index contributed by atoms with van der Waals surface area (Å²) in [6, 6.07) is 5.20. The van der Waals surface area contributed by atoms with Crippen LogP contribution in [-0.4, -0.2) is 32.1 Å². The predicted molar refractivity (Wildman–Crippen MR) is 99.0 cm³/mol. The summed E-state index contributed by atoms with van der Waals surface area (Å²) in [5, 5.41) is 3.52. The molecular weight excluding hydrogens is 358 g/mol. The van der Waals surface area contributed by atoms with Gasteiger partial charge in [0.25, 0.3) is 5.91 Å². The lowest BCUT2D eigenvalue weighted by Crippen LogP contribution is -2.34. The van der Waals surface area contributed by atoms with Crippen molar-refractivity contribution in [1.29, 1.82) is 0 Å². The van der Waals surface area contributed by atoms with E-state index in [4.69, 9.17) is 0 Å². The van der Waals surface area contributed by atoms with Crippen LogP contribution in [0.4, 0.5) is 10.8 Å². The summed E-state index contributed by atoms with van der Waals surface area (Å²) >= 11 is 1.55. The number of thiazole rings is 1. The van der Waals surface area contributed by atoms with Crippen molar-refractivity contribution in [3.8, 4) is 0 Å². The van der Waals surface area contributed by atoms with Crippen LogP contribution in [0.5, 0.6) is 0 Å². The highest BCUT2D eigenvalue weighted by atomic mass is 32.2. The monoisotopic (exact) mass is 377 g/mol. The first kappa shape index (κ1) is 16.5. The van der Waals surface area contributed by atoms with Gasteiger partial charge in [-0.3, -0.25) is 14.4 Å². The summed E-state index contributed by atoms with van der Waals surface area (Å²) < 4.78 is 25.2. The molecule has 2 aromatic rings. The molecule has 0 spiro atoms. The zero-order valence-electron chi connectivity index (χ0n) is 13.9. The number of nitrogens with one attached hydrogen (secondary N) is 1. The fourth-order valence-corrected chi connectivity index (χ4v) is 5.50. The number of hydrogen-bond acceptors (Lipinski definition) is 5. The number of hydrogen-bond donors (Lipinski definition) is 1. The van der Waals surface area contributed by atoms with Gasteiger partial charge in [-0.1, -0.05) is 0 Å². The van der Waals surface area contributed by atoms with Crippen LogP contribution in [0, 0.1) is 0 Å². The van der Waals surface area contributed by atoms with Gasteiger partial charge in [0.2, 0.25) is 10.0 Å². The Balaban J connectivity index is 1.57. The lowest BCUT2D eigenvalue weighted by molar-refractivity contribution is 0.102. The second-order valence-electron chi connectivity index (χ2n) is 6.48. The maximum atomic E-state index is 12.5. The molecule has 25 heavy (non-hydrogen) atoms. The molecule has 0 saturated carbocycles. The Labute approximate surface area is 150 Å². The largest absolute Gasteiger partial charge is 0.298 e. The third-order valence-corrected chi connectivity index (χ3v) is 6.89. The van der Waals surface area contributed by atoms with Crippen molar-refractivity contribution in [2.75, 3.05) is 22.4 Å². The molecule has 2 heterocycles.